The molecule has 0 aliphatic carbocycles. The largest absolute Gasteiger partial charge is 0.383 e. The molecule has 7 nitrogen and oxygen atoms in total. The molecule has 0 spiro atoms. The Balaban J connectivity index is 2.03. The van der Waals surface area contributed by atoms with Crippen molar-refractivity contribution in [3.8, 4) is 17.1 Å². The van der Waals surface area contributed by atoms with Crippen molar-refractivity contribution in [2.45, 2.75) is 4.90 Å². The molecular weight excluding hydrogens is 398 g/mol. The number of rotatable bonds is 5. The topological polar surface area (TPSA) is 81.6 Å². The first kappa shape index (κ1) is 19.2. The highest BCUT2D eigenvalue weighted by Gasteiger charge is 2.21. The number of anilines is 1. The maximum atomic E-state index is 11.4. The Labute approximate surface area is 161 Å². The summed E-state index contributed by atoms with van der Waals surface area (Å²) in [5.74, 6) is 1.37. The van der Waals surface area contributed by atoms with Crippen LogP contribution in [-0.4, -0.2) is 57.2 Å². The summed E-state index contributed by atoms with van der Waals surface area (Å²) < 4.78 is 33.0. The van der Waals surface area contributed by atoms with Crippen molar-refractivity contribution in [3.63, 3.8) is 0 Å². The summed E-state index contributed by atoms with van der Waals surface area (Å²) >= 11 is 7.88. The van der Waals surface area contributed by atoms with E-state index in [1.807, 2.05) is 6.26 Å². The van der Waals surface area contributed by atoms with Gasteiger partial charge in [0.15, 0.2) is 5.82 Å². The van der Waals surface area contributed by atoms with Gasteiger partial charge in [-0.3, -0.25) is 0 Å². The van der Waals surface area contributed by atoms with E-state index in [0.29, 0.717) is 29.8 Å². The maximum absolute atomic E-state index is 11.4. The van der Waals surface area contributed by atoms with Gasteiger partial charge >= 0.3 is 10.1 Å². The first-order valence-corrected chi connectivity index (χ1v) is 11.2. The maximum Gasteiger partial charge on any atom is 0.306 e. The van der Waals surface area contributed by atoms with Crippen LogP contribution in [0.4, 0.5) is 5.82 Å². The monoisotopic (exact) mass is 415 g/mol. The minimum Gasteiger partial charge on any atom is -0.383 e. The summed E-state index contributed by atoms with van der Waals surface area (Å²) in [6.45, 7) is 2.69. The van der Waals surface area contributed by atoms with Gasteiger partial charge in [0.1, 0.15) is 16.7 Å². The minimum absolute atomic E-state index is 0.201. The van der Waals surface area contributed by atoms with Crippen molar-refractivity contribution in [1.82, 2.24) is 9.97 Å². The van der Waals surface area contributed by atoms with E-state index in [-0.39, 0.29) is 5.75 Å². The number of aromatic nitrogens is 2. The lowest BCUT2D eigenvalue weighted by Gasteiger charge is -2.29. The summed E-state index contributed by atoms with van der Waals surface area (Å²) in [5, 5.41) is 0.360. The average molecular weight is 416 g/mol. The van der Waals surface area contributed by atoms with E-state index in [1.165, 1.54) is 11.8 Å². The van der Waals surface area contributed by atoms with Gasteiger partial charge in [0.25, 0.3) is 0 Å². The molecule has 0 atom stereocenters. The molecule has 0 saturated carbocycles. The highest BCUT2D eigenvalue weighted by Crippen LogP contribution is 2.35. The second kappa shape index (κ2) is 7.99. The van der Waals surface area contributed by atoms with Crippen LogP contribution < -0.4 is 9.08 Å². The van der Waals surface area contributed by atoms with Crippen molar-refractivity contribution in [2.24, 2.45) is 0 Å². The van der Waals surface area contributed by atoms with Gasteiger partial charge in [-0.25, -0.2) is 9.97 Å². The van der Waals surface area contributed by atoms with Gasteiger partial charge in [-0.2, -0.15) is 8.42 Å². The molecule has 1 aromatic heterocycles. The molecule has 10 heteroatoms. The summed E-state index contributed by atoms with van der Waals surface area (Å²) in [4.78, 5) is 12.0. The third-order valence-electron chi connectivity index (χ3n) is 3.66. The van der Waals surface area contributed by atoms with Gasteiger partial charge in [-0.05, 0) is 18.4 Å². The van der Waals surface area contributed by atoms with E-state index < -0.39 is 10.1 Å². The lowest BCUT2D eigenvalue weighted by molar-refractivity contribution is 0.122. The van der Waals surface area contributed by atoms with Crippen LogP contribution >= 0.6 is 23.4 Å². The standard InChI is InChI=1S/C16H18ClN3O4S2/c1-25-13-14(17)18-15(19-16(13)20-6-8-23-9-7-20)11-4-3-5-12(10-11)24-26(2,21)22/h3-5,10H,6-9H2,1-2H3. The Bertz CT molecular complexity index is 902. The number of halogens is 1. The van der Waals surface area contributed by atoms with E-state index in [0.717, 1.165) is 30.1 Å². The van der Waals surface area contributed by atoms with Crippen LogP contribution in [0.1, 0.15) is 0 Å². The molecule has 1 aliphatic rings. The zero-order valence-corrected chi connectivity index (χ0v) is 16.7. The highest BCUT2D eigenvalue weighted by molar-refractivity contribution is 7.98. The van der Waals surface area contributed by atoms with Crippen molar-refractivity contribution < 1.29 is 17.3 Å². The summed E-state index contributed by atoms with van der Waals surface area (Å²) in [6.07, 6.45) is 2.92. The molecule has 3 rings (SSSR count). The van der Waals surface area contributed by atoms with Gasteiger partial charge < -0.3 is 13.8 Å². The summed E-state index contributed by atoms with van der Waals surface area (Å²) in [7, 11) is -3.61. The van der Waals surface area contributed by atoms with Crippen LogP contribution in [0.3, 0.4) is 0 Å². The zero-order chi connectivity index (χ0) is 18.7. The second-order valence-electron chi connectivity index (χ2n) is 5.61. The van der Waals surface area contributed by atoms with Gasteiger partial charge in [-0.15, -0.1) is 11.8 Å². The van der Waals surface area contributed by atoms with Crippen molar-refractivity contribution in [2.75, 3.05) is 43.7 Å². The average Bonchev–Trinajstić information content (AvgIpc) is 2.60. The van der Waals surface area contributed by atoms with Crippen LogP contribution in [0, 0.1) is 0 Å². The second-order valence-corrected chi connectivity index (χ2v) is 8.36. The van der Waals surface area contributed by atoms with Gasteiger partial charge in [0.2, 0.25) is 0 Å². The molecule has 140 valence electrons. The van der Waals surface area contributed by atoms with E-state index in [1.54, 1.807) is 24.3 Å². The fraction of sp³-hybridized carbons (Fsp3) is 0.375. The number of ether oxygens (including phenoxy) is 1. The molecular formula is C16H18ClN3O4S2. The Morgan fingerprint density at radius 2 is 2.00 bits per heavy atom. The molecule has 26 heavy (non-hydrogen) atoms. The zero-order valence-electron chi connectivity index (χ0n) is 14.3. The summed E-state index contributed by atoms with van der Waals surface area (Å²) in [6, 6.07) is 6.60. The number of hydrogen-bond donors (Lipinski definition) is 0. The third-order valence-corrected chi connectivity index (χ3v) is 5.33. The molecule has 1 saturated heterocycles. The van der Waals surface area contributed by atoms with Gasteiger partial charge in [0.05, 0.1) is 24.4 Å². The van der Waals surface area contributed by atoms with Crippen LogP contribution in [0.5, 0.6) is 5.75 Å². The van der Waals surface area contributed by atoms with Crippen molar-refractivity contribution >= 4 is 39.3 Å². The van der Waals surface area contributed by atoms with Gasteiger partial charge in [0, 0.05) is 18.7 Å². The Hall–Kier alpha value is -1.55. The number of nitrogens with zero attached hydrogens (tertiary/aromatic N) is 3. The van der Waals surface area contributed by atoms with Crippen LogP contribution in [-0.2, 0) is 14.9 Å². The number of benzene rings is 1. The highest BCUT2D eigenvalue weighted by atomic mass is 35.5. The quantitative estimate of drug-likeness (QED) is 0.419. The molecule has 0 amide bonds. The third kappa shape index (κ3) is 4.59. The molecule has 0 unspecified atom stereocenters. The molecule has 1 fully saturated rings. The van der Waals surface area contributed by atoms with Gasteiger partial charge in [-0.1, -0.05) is 23.7 Å². The summed E-state index contributed by atoms with van der Waals surface area (Å²) in [5.41, 5.74) is 0.621. The van der Waals surface area contributed by atoms with Crippen LogP contribution in [0.2, 0.25) is 5.15 Å². The lowest BCUT2D eigenvalue weighted by atomic mass is 10.2. The fourth-order valence-corrected chi connectivity index (χ4v) is 3.99. The van der Waals surface area contributed by atoms with Crippen LogP contribution in [0.15, 0.2) is 29.2 Å². The van der Waals surface area contributed by atoms with Crippen molar-refractivity contribution in [3.05, 3.63) is 29.4 Å². The molecule has 1 aliphatic heterocycles. The molecule has 1 aromatic carbocycles. The number of morpholine rings is 1. The van der Waals surface area contributed by atoms with E-state index >= 15 is 0 Å². The Morgan fingerprint density at radius 1 is 1.27 bits per heavy atom. The molecule has 2 heterocycles. The van der Waals surface area contributed by atoms with Crippen LogP contribution in [0.25, 0.3) is 11.4 Å². The van der Waals surface area contributed by atoms with E-state index in [4.69, 9.17) is 20.5 Å². The Morgan fingerprint density at radius 3 is 2.65 bits per heavy atom. The smallest absolute Gasteiger partial charge is 0.306 e. The normalized spacial score (nSPS) is 15.1. The van der Waals surface area contributed by atoms with E-state index in [9.17, 15) is 8.42 Å². The predicted octanol–water partition coefficient (Wildman–Crippen LogP) is 2.69. The van der Waals surface area contributed by atoms with E-state index in [2.05, 4.69) is 14.9 Å². The number of hydrogen-bond acceptors (Lipinski definition) is 8. The molecule has 0 bridgehead atoms. The predicted molar refractivity (Wildman–Crippen MR) is 103 cm³/mol. The van der Waals surface area contributed by atoms with Crippen molar-refractivity contribution in [1.29, 1.82) is 0 Å². The number of thioether (sulfide) groups is 1. The molecule has 2 aromatic rings. The first-order valence-electron chi connectivity index (χ1n) is 7.81. The fourth-order valence-electron chi connectivity index (χ4n) is 2.57. The first-order chi connectivity index (χ1) is 12.4. The lowest BCUT2D eigenvalue weighted by Crippen LogP contribution is -2.37. The molecule has 0 radical (unpaired) electrons. The SMILES string of the molecule is CSc1c(Cl)nc(-c2cccc(OS(C)(=O)=O)c2)nc1N1CCOCC1. The Kier molecular flexibility index (Phi) is 5.91. The molecule has 0 N–H and O–H groups in total. The minimum atomic E-state index is -3.61.